The predicted octanol–water partition coefficient (Wildman–Crippen LogP) is 1.96. The molecule has 0 heterocycles. The Bertz CT molecular complexity index is 388. The standard InChI is InChI=1S/C14H23N3O/c1-3-11(4-2)17(9-10-18)13-8-6-5-7-12(13)14(15)16/h5-8,11,18H,3-4,9-10H2,1-2H3,(H3,15,16). The van der Waals surface area contributed by atoms with Crippen LogP contribution in [0.5, 0.6) is 0 Å². The van der Waals surface area contributed by atoms with Gasteiger partial charge in [-0.15, -0.1) is 0 Å². The van der Waals surface area contributed by atoms with Crippen molar-refractivity contribution in [2.75, 3.05) is 18.1 Å². The van der Waals surface area contributed by atoms with Gasteiger partial charge in [-0.3, -0.25) is 5.41 Å². The molecule has 0 spiro atoms. The molecular weight excluding hydrogens is 226 g/mol. The van der Waals surface area contributed by atoms with Crippen LogP contribution in [0, 0.1) is 5.41 Å². The molecule has 0 bridgehead atoms. The molecule has 0 aromatic heterocycles. The van der Waals surface area contributed by atoms with Crippen LogP contribution in [-0.4, -0.2) is 30.1 Å². The molecule has 0 unspecified atom stereocenters. The fourth-order valence-corrected chi connectivity index (χ4v) is 2.29. The normalized spacial score (nSPS) is 10.7. The molecule has 1 aromatic rings. The number of para-hydroxylation sites is 1. The summed E-state index contributed by atoms with van der Waals surface area (Å²) in [5.74, 6) is 0.0690. The molecule has 0 saturated heterocycles. The molecule has 100 valence electrons. The zero-order valence-corrected chi connectivity index (χ0v) is 11.2. The van der Waals surface area contributed by atoms with Gasteiger partial charge in [0.15, 0.2) is 0 Å². The van der Waals surface area contributed by atoms with Gasteiger partial charge in [-0.1, -0.05) is 26.0 Å². The lowest BCUT2D eigenvalue weighted by atomic mass is 10.1. The highest BCUT2D eigenvalue weighted by Gasteiger charge is 2.18. The van der Waals surface area contributed by atoms with Crippen LogP contribution in [0.2, 0.25) is 0 Å². The van der Waals surface area contributed by atoms with Crippen LogP contribution in [0.4, 0.5) is 5.69 Å². The highest BCUT2D eigenvalue weighted by Crippen LogP contribution is 2.24. The van der Waals surface area contributed by atoms with E-state index < -0.39 is 0 Å². The molecule has 1 rings (SSSR count). The first kappa shape index (κ1) is 14.5. The quantitative estimate of drug-likeness (QED) is 0.511. The Morgan fingerprint density at radius 2 is 1.94 bits per heavy atom. The van der Waals surface area contributed by atoms with E-state index in [1.165, 1.54) is 0 Å². The molecule has 0 radical (unpaired) electrons. The number of aliphatic hydroxyl groups excluding tert-OH is 1. The Morgan fingerprint density at radius 1 is 1.33 bits per heavy atom. The molecule has 0 aliphatic heterocycles. The average Bonchev–Trinajstić information content (AvgIpc) is 2.39. The van der Waals surface area contributed by atoms with Crippen molar-refractivity contribution in [2.45, 2.75) is 32.7 Å². The van der Waals surface area contributed by atoms with Gasteiger partial charge in [0.2, 0.25) is 0 Å². The van der Waals surface area contributed by atoms with E-state index in [4.69, 9.17) is 11.1 Å². The van der Waals surface area contributed by atoms with Crippen LogP contribution in [-0.2, 0) is 0 Å². The van der Waals surface area contributed by atoms with E-state index in [-0.39, 0.29) is 12.4 Å². The van der Waals surface area contributed by atoms with E-state index in [2.05, 4.69) is 18.7 Å². The number of nitrogens with one attached hydrogen (secondary N) is 1. The van der Waals surface area contributed by atoms with Crippen LogP contribution >= 0.6 is 0 Å². The van der Waals surface area contributed by atoms with Crippen molar-refractivity contribution in [3.63, 3.8) is 0 Å². The second-order valence-corrected chi connectivity index (χ2v) is 4.32. The maximum atomic E-state index is 9.24. The van der Waals surface area contributed by atoms with Crippen molar-refractivity contribution in [2.24, 2.45) is 5.73 Å². The van der Waals surface area contributed by atoms with Gasteiger partial charge in [-0.25, -0.2) is 0 Å². The van der Waals surface area contributed by atoms with Crippen molar-refractivity contribution in [1.82, 2.24) is 0 Å². The number of hydrogen-bond acceptors (Lipinski definition) is 3. The van der Waals surface area contributed by atoms with Gasteiger partial charge < -0.3 is 15.7 Å². The molecule has 0 aliphatic carbocycles. The zero-order valence-electron chi connectivity index (χ0n) is 11.2. The Morgan fingerprint density at radius 3 is 2.44 bits per heavy atom. The number of benzene rings is 1. The van der Waals surface area contributed by atoms with Gasteiger partial charge >= 0.3 is 0 Å². The molecule has 0 aliphatic rings. The number of nitrogens with zero attached hydrogens (tertiary/aromatic N) is 1. The molecule has 4 N–H and O–H groups in total. The number of rotatable bonds is 7. The van der Waals surface area contributed by atoms with Crippen molar-refractivity contribution < 1.29 is 5.11 Å². The lowest BCUT2D eigenvalue weighted by Gasteiger charge is -2.33. The summed E-state index contributed by atoms with van der Waals surface area (Å²) in [5, 5.41) is 16.9. The monoisotopic (exact) mass is 249 g/mol. The topological polar surface area (TPSA) is 73.3 Å². The Balaban J connectivity index is 3.16. The van der Waals surface area contributed by atoms with Gasteiger partial charge in [-0.05, 0) is 25.0 Å². The Kier molecular flexibility index (Phi) is 5.65. The fraction of sp³-hybridized carbons (Fsp3) is 0.500. The maximum absolute atomic E-state index is 9.24. The number of amidine groups is 1. The third kappa shape index (κ3) is 3.23. The van der Waals surface area contributed by atoms with Gasteiger partial charge in [0.25, 0.3) is 0 Å². The first-order chi connectivity index (χ1) is 8.65. The van der Waals surface area contributed by atoms with Crippen LogP contribution in [0.25, 0.3) is 0 Å². The van der Waals surface area contributed by atoms with Gasteiger partial charge in [0.1, 0.15) is 5.84 Å². The molecule has 4 heteroatoms. The van der Waals surface area contributed by atoms with Gasteiger partial charge in [-0.2, -0.15) is 0 Å². The average molecular weight is 249 g/mol. The van der Waals surface area contributed by atoms with Crippen LogP contribution < -0.4 is 10.6 Å². The van der Waals surface area contributed by atoms with E-state index >= 15 is 0 Å². The fourth-order valence-electron chi connectivity index (χ4n) is 2.29. The van der Waals surface area contributed by atoms with Gasteiger partial charge in [0.05, 0.1) is 6.61 Å². The second kappa shape index (κ2) is 7.01. The summed E-state index contributed by atoms with van der Waals surface area (Å²) in [5.41, 5.74) is 7.30. The second-order valence-electron chi connectivity index (χ2n) is 4.32. The first-order valence-electron chi connectivity index (χ1n) is 6.46. The summed E-state index contributed by atoms with van der Waals surface area (Å²) >= 11 is 0. The highest BCUT2D eigenvalue weighted by molar-refractivity contribution is 6.00. The van der Waals surface area contributed by atoms with E-state index in [1.54, 1.807) is 0 Å². The lowest BCUT2D eigenvalue weighted by molar-refractivity contribution is 0.296. The van der Waals surface area contributed by atoms with Crippen molar-refractivity contribution in [1.29, 1.82) is 5.41 Å². The van der Waals surface area contributed by atoms with Gasteiger partial charge in [0, 0.05) is 23.8 Å². The third-order valence-corrected chi connectivity index (χ3v) is 3.23. The van der Waals surface area contributed by atoms with Crippen LogP contribution in [0.1, 0.15) is 32.3 Å². The molecule has 4 nitrogen and oxygen atoms in total. The minimum absolute atomic E-state index is 0.0690. The van der Waals surface area contributed by atoms with E-state index in [9.17, 15) is 5.11 Å². The SMILES string of the molecule is CCC(CC)N(CCO)c1ccccc1C(=N)N. The smallest absolute Gasteiger partial charge is 0.124 e. The predicted molar refractivity (Wildman–Crippen MR) is 76.3 cm³/mol. The molecule has 0 atom stereocenters. The van der Waals surface area contributed by atoms with Crippen molar-refractivity contribution >= 4 is 11.5 Å². The summed E-state index contributed by atoms with van der Waals surface area (Å²) in [4.78, 5) is 2.15. The highest BCUT2D eigenvalue weighted by atomic mass is 16.3. The number of nitrogens with two attached hydrogens (primary N) is 1. The minimum atomic E-state index is 0.0690. The first-order valence-corrected chi connectivity index (χ1v) is 6.46. The molecule has 1 aromatic carbocycles. The molecule has 0 saturated carbocycles. The molecular formula is C14H23N3O. The number of nitrogen functional groups attached to an aromatic ring is 1. The number of anilines is 1. The minimum Gasteiger partial charge on any atom is -0.395 e. The van der Waals surface area contributed by atoms with Crippen LogP contribution in [0.15, 0.2) is 24.3 Å². The number of hydrogen-bond donors (Lipinski definition) is 3. The van der Waals surface area contributed by atoms with E-state index in [1.807, 2.05) is 24.3 Å². The maximum Gasteiger partial charge on any atom is 0.124 e. The summed E-state index contributed by atoms with van der Waals surface area (Å²) in [6.07, 6.45) is 2.01. The Labute approximate surface area is 109 Å². The summed E-state index contributed by atoms with van der Waals surface area (Å²) < 4.78 is 0. The van der Waals surface area contributed by atoms with Crippen molar-refractivity contribution in [3.8, 4) is 0 Å². The molecule has 0 fully saturated rings. The molecule has 0 amide bonds. The molecule has 18 heavy (non-hydrogen) atoms. The van der Waals surface area contributed by atoms with Crippen LogP contribution in [0.3, 0.4) is 0 Å². The largest absolute Gasteiger partial charge is 0.395 e. The Hall–Kier alpha value is -1.55. The zero-order chi connectivity index (χ0) is 13.5. The summed E-state index contributed by atoms with van der Waals surface area (Å²) in [7, 11) is 0. The number of aliphatic hydroxyl groups is 1. The third-order valence-electron chi connectivity index (χ3n) is 3.23. The van der Waals surface area contributed by atoms with Crippen molar-refractivity contribution in [3.05, 3.63) is 29.8 Å². The van der Waals surface area contributed by atoms with E-state index in [0.717, 1.165) is 24.1 Å². The lowest BCUT2D eigenvalue weighted by Crippen LogP contribution is -2.38. The van der Waals surface area contributed by atoms with E-state index in [0.29, 0.717) is 12.6 Å². The summed E-state index contributed by atoms with van der Waals surface area (Å²) in [6, 6.07) is 7.99. The summed E-state index contributed by atoms with van der Waals surface area (Å²) in [6.45, 7) is 4.93.